The van der Waals surface area contributed by atoms with E-state index in [0.717, 1.165) is 30.0 Å². The Balaban J connectivity index is 1.90. The van der Waals surface area contributed by atoms with E-state index >= 15 is 0 Å². The first-order valence-electron chi connectivity index (χ1n) is 9.89. The van der Waals surface area contributed by atoms with E-state index in [-0.39, 0.29) is 21.6 Å². The number of benzene rings is 1. The van der Waals surface area contributed by atoms with E-state index in [0.29, 0.717) is 18.4 Å². The Morgan fingerprint density at radius 1 is 1.06 bits per heavy atom. The molecule has 0 amide bonds. The molecule has 2 atom stereocenters. The van der Waals surface area contributed by atoms with Crippen LogP contribution in [0.1, 0.15) is 56.3 Å². The Morgan fingerprint density at radius 2 is 1.74 bits per heavy atom. The number of halogens is 5. The number of hydrogen-bond donors (Lipinski definition) is 0. The van der Waals surface area contributed by atoms with Crippen LogP contribution in [0.2, 0.25) is 10.0 Å². The molecule has 0 bridgehead atoms. The molecule has 2 aliphatic rings. The lowest BCUT2D eigenvalue weighted by Gasteiger charge is -2.35. The van der Waals surface area contributed by atoms with Crippen molar-refractivity contribution in [2.24, 2.45) is 4.99 Å². The molecule has 4 rings (SSSR count). The van der Waals surface area contributed by atoms with Crippen LogP contribution in [0.15, 0.2) is 29.3 Å². The van der Waals surface area contributed by atoms with E-state index in [2.05, 4.69) is 10.1 Å². The van der Waals surface area contributed by atoms with E-state index in [4.69, 9.17) is 23.2 Å². The minimum atomic E-state index is -4.69. The van der Waals surface area contributed by atoms with Gasteiger partial charge in [0.05, 0.1) is 15.3 Å². The molecular formula is C20H20Cl2F3N3O2S. The highest BCUT2D eigenvalue weighted by Crippen LogP contribution is 2.42. The van der Waals surface area contributed by atoms with Gasteiger partial charge in [-0.3, -0.25) is 0 Å². The van der Waals surface area contributed by atoms with Gasteiger partial charge in [0, 0.05) is 11.8 Å². The molecule has 0 radical (unpaired) electrons. The lowest BCUT2D eigenvalue weighted by Crippen LogP contribution is -2.45. The van der Waals surface area contributed by atoms with Gasteiger partial charge in [0.25, 0.3) is 0 Å². The van der Waals surface area contributed by atoms with Gasteiger partial charge in [0.1, 0.15) is 11.3 Å². The summed E-state index contributed by atoms with van der Waals surface area (Å²) < 4.78 is 68.5. The van der Waals surface area contributed by atoms with Crippen molar-refractivity contribution in [3.63, 3.8) is 0 Å². The summed E-state index contributed by atoms with van der Waals surface area (Å²) in [6.07, 6.45) is -1.06. The van der Waals surface area contributed by atoms with Crippen molar-refractivity contribution >= 4 is 44.6 Å². The molecule has 0 N–H and O–H groups in total. The molecule has 2 aromatic rings. The van der Waals surface area contributed by atoms with Gasteiger partial charge in [0.15, 0.2) is 21.3 Å². The molecule has 168 valence electrons. The second kappa shape index (κ2) is 8.08. The van der Waals surface area contributed by atoms with Crippen molar-refractivity contribution in [1.29, 1.82) is 0 Å². The third-order valence-corrected chi connectivity index (χ3v) is 9.36. The van der Waals surface area contributed by atoms with E-state index in [9.17, 15) is 21.6 Å². The maximum atomic E-state index is 13.7. The Labute approximate surface area is 188 Å². The normalized spacial score (nSPS) is 22.8. The molecule has 2 heterocycles. The zero-order valence-corrected chi connectivity index (χ0v) is 18.9. The molecule has 0 spiro atoms. The topological polar surface area (TPSA) is 64.3 Å². The van der Waals surface area contributed by atoms with Crippen molar-refractivity contribution in [2.75, 3.05) is 0 Å². The van der Waals surface area contributed by atoms with Crippen LogP contribution in [-0.4, -0.2) is 34.4 Å². The Kier molecular flexibility index (Phi) is 5.89. The van der Waals surface area contributed by atoms with Gasteiger partial charge in [-0.05, 0) is 37.5 Å². The van der Waals surface area contributed by atoms with Crippen molar-refractivity contribution in [2.45, 2.75) is 61.7 Å². The summed E-state index contributed by atoms with van der Waals surface area (Å²) in [5, 5.41) is 2.44. The number of fused-ring (bicyclic) bond motifs is 1. The summed E-state index contributed by atoms with van der Waals surface area (Å²) in [6.45, 7) is 1.54. The van der Waals surface area contributed by atoms with Gasteiger partial charge >= 0.3 is 6.18 Å². The molecule has 31 heavy (non-hydrogen) atoms. The van der Waals surface area contributed by atoms with Crippen molar-refractivity contribution in [3.8, 4) is 0 Å². The number of aromatic nitrogens is 2. The first-order valence-corrected chi connectivity index (χ1v) is 12.3. The summed E-state index contributed by atoms with van der Waals surface area (Å²) in [7, 11) is -3.77. The third-order valence-electron chi connectivity index (χ3n) is 5.92. The first-order chi connectivity index (χ1) is 14.5. The highest BCUT2D eigenvalue weighted by molar-refractivity contribution is 7.93. The van der Waals surface area contributed by atoms with Gasteiger partial charge in [-0.2, -0.15) is 18.3 Å². The smallest absolute Gasteiger partial charge is 0.238 e. The van der Waals surface area contributed by atoms with Gasteiger partial charge < -0.3 is 0 Å². The quantitative estimate of drug-likeness (QED) is 0.524. The summed E-state index contributed by atoms with van der Waals surface area (Å²) in [6, 6.07) is 4.34. The number of rotatable bonds is 3. The molecular weight excluding hydrogens is 474 g/mol. The van der Waals surface area contributed by atoms with Crippen LogP contribution in [0.25, 0.3) is 0 Å². The fraction of sp³-hybridized carbons (Fsp3) is 0.500. The van der Waals surface area contributed by atoms with Crippen LogP contribution in [-0.2, 0) is 16.0 Å². The van der Waals surface area contributed by atoms with Crippen molar-refractivity contribution in [1.82, 2.24) is 9.78 Å². The fourth-order valence-electron chi connectivity index (χ4n) is 4.44. The standard InChI is InChI=1S/C20H20Cl2F3N3O2S/c1-11-19(31(29,30)13-5-3-2-4-6-13)18(12-7-8-14(21)15(22)9-12)28-17(26-11)10-16(27-28)20(23,24)25/h7-10,13,18-19H,2-6H2,1H3. The molecule has 0 saturated heterocycles. The van der Waals surface area contributed by atoms with Crippen LogP contribution in [0, 0.1) is 0 Å². The number of alkyl halides is 3. The maximum absolute atomic E-state index is 13.7. The summed E-state index contributed by atoms with van der Waals surface area (Å²) in [5.41, 5.74) is -0.478. The van der Waals surface area contributed by atoms with E-state index in [1.807, 2.05) is 0 Å². The minimum absolute atomic E-state index is 0.0454. The second-order valence-electron chi connectivity index (χ2n) is 7.97. The van der Waals surface area contributed by atoms with Crippen molar-refractivity contribution < 1.29 is 21.6 Å². The van der Waals surface area contributed by atoms with Crippen LogP contribution in [0.5, 0.6) is 0 Å². The number of aliphatic imine (C=N–C) groups is 1. The predicted octanol–water partition coefficient (Wildman–Crippen LogP) is 6.02. The summed E-state index contributed by atoms with van der Waals surface area (Å²) in [5.74, 6) is -0.0454. The average molecular weight is 494 g/mol. The summed E-state index contributed by atoms with van der Waals surface area (Å²) >= 11 is 12.2. The van der Waals surface area contributed by atoms with Crippen molar-refractivity contribution in [3.05, 3.63) is 45.6 Å². The van der Waals surface area contributed by atoms with E-state index in [1.54, 1.807) is 13.0 Å². The number of hydrogen-bond acceptors (Lipinski definition) is 4. The molecule has 1 aromatic heterocycles. The van der Waals surface area contributed by atoms with Crippen LogP contribution >= 0.6 is 23.2 Å². The van der Waals surface area contributed by atoms with Gasteiger partial charge in [-0.25, -0.2) is 18.1 Å². The number of nitrogens with zero attached hydrogens (tertiary/aromatic N) is 3. The SMILES string of the molecule is CC1=Nc2cc(C(F)(F)F)nn2C(c2ccc(Cl)c(Cl)c2)C1S(=O)(=O)C1CCCCC1. The third kappa shape index (κ3) is 4.12. The van der Waals surface area contributed by atoms with Gasteiger partial charge in [0.2, 0.25) is 0 Å². The molecule has 1 aliphatic heterocycles. The van der Waals surface area contributed by atoms with E-state index in [1.165, 1.54) is 12.1 Å². The molecule has 1 aliphatic carbocycles. The molecule has 2 unspecified atom stereocenters. The number of sulfone groups is 1. The van der Waals surface area contributed by atoms with Gasteiger partial charge in [-0.15, -0.1) is 0 Å². The zero-order valence-electron chi connectivity index (χ0n) is 16.5. The highest BCUT2D eigenvalue weighted by atomic mass is 35.5. The molecule has 11 heteroatoms. The maximum Gasteiger partial charge on any atom is 0.435 e. The molecule has 1 fully saturated rings. The summed E-state index contributed by atoms with van der Waals surface area (Å²) in [4.78, 5) is 4.22. The fourth-order valence-corrected chi connectivity index (χ4v) is 7.31. The Bertz CT molecular complexity index is 1140. The lowest BCUT2D eigenvalue weighted by molar-refractivity contribution is -0.141. The molecule has 1 saturated carbocycles. The Morgan fingerprint density at radius 3 is 2.35 bits per heavy atom. The van der Waals surface area contributed by atoms with E-state index < -0.39 is 38.2 Å². The molecule has 1 aromatic carbocycles. The Hall–Kier alpha value is -1.58. The first kappa shape index (κ1) is 22.6. The van der Waals surface area contributed by atoms with Crippen LogP contribution < -0.4 is 0 Å². The highest BCUT2D eigenvalue weighted by Gasteiger charge is 2.47. The largest absolute Gasteiger partial charge is 0.435 e. The van der Waals surface area contributed by atoms with Crippen LogP contribution in [0.3, 0.4) is 0 Å². The predicted molar refractivity (Wildman–Crippen MR) is 114 cm³/mol. The second-order valence-corrected chi connectivity index (χ2v) is 11.1. The lowest BCUT2D eigenvalue weighted by atomic mass is 9.99. The minimum Gasteiger partial charge on any atom is -0.238 e. The van der Waals surface area contributed by atoms with Crippen LogP contribution in [0.4, 0.5) is 19.0 Å². The van der Waals surface area contributed by atoms with Gasteiger partial charge in [-0.1, -0.05) is 48.5 Å². The average Bonchev–Trinajstić information content (AvgIpc) is 3.14. The monoisotopic (exact) mass is 493 g/mol. The molecule has 5 nitrogen and oxygen atoms in total. The zero-order chi connectivity index (χ0) is 22.6.